The third-order valence-corrected chi connectivity index (χ3v) is 5.65. The lowest BCUT2D eigenvalue weighted by atomic mass is 9.93. The van der Waals surface area contributed by atoms with Crippen molar-refractivity contribution in [1.82, 2.24) is 4.98 Å². The van der Waals surface area contributed by atoms with Crippen molar-refractivity contribution in [3.8, 4) is 28.5 Å². The highest BCUT2D eigenvalue weighted by Gasteiger charge is 2.21. The lowest BCUT2D eigenvalue weighted by Crippen LogP contribution is -2.02. The number of hydrogen-bond donors (Lipinski definition) is 0. The lowest BCUT2D eigenvalue weighted by molar-refractivity contribution is 0.402. The molecule has 138 valence electrons. The van der Waals surface area contributed by atoms with Crippen LogP contribution in [0.5, 0.6) is 17.2 Å². The zero-order chi connectivity index (χ0) is 18.8. The van der Waals surface area contributed by atoms with Gasteiger partial charge in [-0.3, -0.25) is 0 Å². The molecule has 27 heavy (non-hydrogen) atoms. The predicted octanol–water partition coefficient (Wildman–Crippen LogP) is 4.69. The van der Waals surface area contributed by atoms with Gasteiger partial charge in [-0.25, -0.2) is 9.98 Å². The normalized spacial score (nSPS) is 12.6. The van der Waals surface area contributed by atoms with Crippen LogP contribution in [-0.4, -0.2) is 32.5 Å². The molecule has 1 aliphatic carbocycles. The molecule has 0 spiro atoms. The minimum absolute atomic E-state index is 0.744. The van der Waals surface area contributed by atoms with Crippen LogP contribution in [0.25, 0.3) is 11.3 Å². The fraction of sp³-hybridized carbons (Fsp3) is 0.238. The maximum Gasteiger partial charge on any atom is 0.209 e. The molecular weight excluding hydrogens is 360 g/mol. The SMILES string of the molecule is COc1ccc(OC)c(C=Nc2nc3c(s2)CCc2cc(OC)ccc2-3)c1. The summed E-state index contributed by atoms with van der Waals surface area (Å²) in [6, 6.07) is 11.8. The molecule has 0 fully saturated rings. The number of aliphatic imine (C=N–C) groups is 1. The highest BCUT2D eigenvalue weighted by molar-refractivity contribution is 7.15. The van der Waals surface area contributed by atoms with Crippen LogP contribution in [0.1, 0.15) is 16.0 Å². The topological polar surface area (TPSA) is 52.9 Å². The summed E-state index contributed by atoms with van der Waals surface area (Å²) in [5.41, 5.74) is 4.34. The first-order chi connectivity index (χ1) is 13.2. The summed E-state index contributed by atoms with van der Waals surface area (Å²) >= 11 is 1.64. The predicted molar refractivity (Wildman–Crippen MR) is 108 cm³/mol. The highest BCUT2D eigenvalue weighted by atomic mass is 32.1. The largest absolute Gasteiger partial charge is 0.497 e. The zero-order valence-corrected chi connectivity index (χ0v) is 16.3. The van der Waals surface area contributed by atoms with Crippen LogP contribution in [0.2, 0.25) is 0 Å². The van der Waals surface area contributed by atoms with Crippen molar-refractivity contribution < 1.29 is 14.2 Å². The van der Waals surface area contributed by atoms with Crippen molar-refractivity contribution in [3.63, 3.8) is 0 Å². The van der Waals surface area contributed by atoms with Crippen molar-refractivity contribution in [2.75, 3.05) is 21.3 Å². The molecule has 1 heterocycles. The van der Waals surface area contributed by atoms with Gasteiger partial charge in [-0.15, -0.1) is 0 Å². The van der Waals surface area contributed by atoms with E-state index in [4.69, 9.17) is 19.2 Å². The maximum absolute atomic E-state index is 5.41. The molecule has 0 bridgehead atoms. The number of fused-ring (bicyclic) bond motifs is 3. The Kier molecular flexibility index (Phi) is 4.81. The number of nitrogens with zero attached hydrogens (tertiary/aromatic N) is 2. The Morgan fingerprint density at radius 3 is 2.52 bits per heavy atom. The highest BCUT2D eigenvalue weighted by Crippen LogP contribution is 2.40. The number of aryl methyl sites for hydroxylation is 2. The summed E-state index contributed by atoms with van der Waals surface area (Å²) in [6.07, 6.45) is 3.75. The molecule has 0 amide bonds. The number of ether oxygens (including phenoxy) is 3. The third-order valence-electron chi connectivity index (χ3n) is 4.63. The van der Waals surface area contributed by atoms with Gasteiger partial charge in [0.15, 0.2) is 0 Å². The van der Waals surface area contributed by atoms with E-state index in [2.05, 4.69) is 17.1 Å². The molecule has 1 aliphatic rings. The zero-order valence-electron chi connectivity index (χ0n) is 15.5. The van der Waals surface area contributed by atoms with Crippen LogP contribution in [0.15, 0.2) is 41.4 Å². The fourth-order valence-electron chi connectivity index (χ4n) is 3.22. The van der Waals surface area contributed by atoms with Crippen molar-refractivity contribution >= 4 is 22.7 Å². The van der Waals surface area contributed by atoms with Crippen LogP contribution < -0.4 is 14.2 Å². The molecule has 0 saturated carbocycles. The first kappa shape index (κ1) is 17.5. The van der Waals surface area contributed by atoms with Crippen molar-refractivity contribution in [1.29, 1.82) is 0 Å². The minimum atomic E-state index is 0.744. The van der Waals surface area contributed by atoms with Gasteiger partial charge >= 0.3 is 0 Å². The molecule has 4 rings (SSSR count). The molecular formula is C21H20N2O3S. The number of rotatable bonds is 5. The van der Waals surface area contributed by atoms with Gasteiger partial charge in [0, 0.05) is 22.2 Å². The van der Waals surface area contributed by atoms with E-state index in [-0.39, 0.29) is 0 Å². The van der Waals surface area contributed by atoms with Crippen molar-refractivity contribution in [2.24, 2.45) is 4.99 Å². The molecule has 2 aromatic carbocycles. The molecule has 1 aromatic heterocycles. The Balaban J connectivity index is 1.66. The van der Waals surface area contributed by atoms with Gasteiger partial charge in [-0.05, 0) is 54.8 Å². The summed E-state index contributed by atoms with van der Waals surface area (Å²) in [7, 11) is 4.98. The molecule has 0 aliphatic heterocycles. The average Bonchev–Trinajstić information content (AvgIpc) is 3.15. The van der Waals surface area contributed by atoms with E-state index in [1.807, 2.05) is 24.3 Å². The van der Waals surface area contributed by atoms with E-state index in [9.17, 15) is 0 Å². The Hall–Kier alpha value is -2.86. The first-order valence-corrected chi connectivity index (χ1v) is 9.46. The second kappa shape index (κ2) is 7.40. The van der Waals surface area contributed by atoms with Crippen LogP contribution in [0.3, 0.4) is 0 Å². The second-order valence-corrected chi connectivity index (χ2v) is 7.22. The van der Waals surface area contributed by atoms with Gasteiger partial charge in [0.1, 0.15) is 17.2 Å². The monoisotopic (exact) mass is 380 g/mol. The second-order valence-electron chi connectivity index (χ2n) is 6.16. The number of methoxy groups -OCH3 is 3. The van der Waals surface area contributed by atoms with Gasteiger partial charge in [0.25, 0.3) is 0 Å². The summed E-state index contributed by atoms with van der Waals surface area (Å²) in [6.45, 7) is 0. The third kappa shape index (κ3) is 3.40. The molecule has 5 nitrogen and oxygen atoms in total. The number of aromatic nitrogens is 1. The average molecular weight is 380 g/mol. The van der Waals surface area contributed by atoms with Gasteiger partial charge in [0.05, 0.1) is 27.0 Å². The summed E-state index contributed by atoms with van der Waals surface area (Å²) in [5.74, 6) is 2.40. The smallest absolute Gasteiger partial charge is 0.209 e. The molecule has 0 saturated heterocycles. The maximum atomic E-state index is 5.41. The molecule has 0 radical (unpaired) electrons. The van der Waals surface area contributed by atoms with E-state index in [0.717, 1.165) is 46.5 Å². The van der Waals surface area contributed by atoms with Crippen LogP contribution in [0, 0.1) is 0 Å². The summed E-state index contributed by atoms with van der Waals surface area (Å²) in [5, 5.41) is 0.744. The standard InChI is InChI=1S/C21H20N2O3S/c1-24-15-5-7-17-13(10-15)4-9-19-20(17)23-21(27-19)22-12-14-11-16(25-2)6-8-18(14)26-3/h5-8,10-12H,4,9H2,1-3H3. The van der Waals surface area contributed by atoms with Crippen molar-refractivity contribution in [2.45, 2.75) is 12.8 Å². The Morgan fingerprint density at radius 1 is 0.963 bits per heavy atom. The molecule has 6 heteroatoms. The molecule has 0 atom stereocenters. The van der Waals surface area contributed by atoms with Crippen LogP contribution in [0.4, 0.5) is 5.13 Å². The molecule has 3 aromatic rings. The van der Waals surface area contributed by atoms with Gasteiger partial charge in [0.2, 0.25) is 5.13 Å². The van der Waals surface area contributed by atoms with Gasteiger partial charge in [-0.2, -0.15) is 0 Å². The molecule has 0 unspecified atom stereocenters. The number of benzene rings is 2. The lowest BCUT2D eigenvalue weighted by Gasteiger charge is -2.15. The Bertz CT molecular complexity index is 1010. The van der Waals surface area contributed by atoms with Gasteiger partial charge < -0.3 is 14.2 Å². The molecule has 0 N–H and O–H groups in total. The summed E-state index contributed by atoms with van der Waals surface area (Å²) in [4.78, 5) is 10.6. The van der Waals surface area contributed by atoms with E-state index in [1.54, 1.807) is 38.9 Å². The fourth-order valence-corrected chi connectivity index (χ4v) is 4.14. The van der Waals surface area contributed by atoms with E-state index in [1.165, 1.54) is 16.0 Å². The van der Waals surface area contributed by atoms with E-state index < -0.39 is 0 Å². The van der Waals surface area contributed by atoms with E-state index >= 15 is 0 Å². The van der Waals surface area contributed by atoms with Crippen LogP contribution >= 0.6 is 11.3 Å². The Morgan fingerprint density at radius 2 is 1.74 bits per heavy atom. The van der Waals surface area contributed by atoms with Crippen LogP contribution in [-0.2, 0) is 12.8 Å². The van der Waals surface area contributed by atoms with Gasteiger partial charge in [-0.1, -0.05) is 11.3 Å². The number of thiazole rings is 1. The Labute approximate surface area is 162 Å². The number of hydrogen-bond acceptors (Lipinski definition) is 6. The van der Waals surface area contributed by atoms with Crippen molar-refractivity contribution in [3.05, 3.63) is 52.4 Å². The summed E-state index contributed by atoms with van der Waals surface area (Å²) < 4.78 is 16.0. The van der Waals surface area contributed by atoms with E-state index in [0.29, 0.717) is 0 Å². The quantitative estimate of drug-likeness (QED) is 0.603. The first-order valence-electron chi connectivity index (χ1n) is 8.65. The minimum Gasteiger partial charge on any atom is -0.497 e.